The van der Waals surface area contributed by atoms with Crippen molar-refractivity contribution in [1.29, 1.82) is 0 Å². The highest BCUT2D eigenvalue weighted by molar-refractivity contribution is 7.89. The maximum absolute atomic E-state index is 12.5. The van der Waals surface area contributed by atoms with Crippen LogP contribution in [-0.2, 0) is 14.8 Å². The van der Waals surface area contributed by atoms with E-state index in [0.29, 0.717) is 19.0 Å². The Hall–Kier alpha value is -1.35. The van der Waals surface area contributed by atoms with Crippen LogP contribution in [0.5, 0.6) is 0 Å². The number of sulfonamides is 1. The normalized spacial score (nSPS) is 22.8. The largest absolute Gasteiger partial charge is 0.357 e. The standard InChI is InChI=1S/C15H29N5O3S/c1-2-17-15(18-8-10-24(16,22)23)19-13-7-9-20(11-13)14(21)12-5-3-4-6-12/h12-13H,2-11H2,1H3,(H2,16,22,23)(H2,17,18,19). The fourth-order valence-corrected chi connectivity index (χ4v) is 3.65. The molecule has 0 aromatic heterocycles. The van der Waals surface area contributed by atoms with Crippen molar-refractivity contribution in [2.45, 2.75) is 45.1 Å². The highest BCUT2D eigenvalue weighted by Crippen LogP contribution is 2.27. The Morgan fingerprint density at radius 3 is 2.62 bits per heavy atom. The molecule has 0 aromatic rings. The van der Waals surface area contributed by atoms with E-state index >= 15 is 0 Å². The van der Waals surface area contributed by atoms with Crippen LogP contribution in [0.1, 0.15) is 39.0 Å². The predicted octanol–water partition coefficient (Wildman–Crippen LogP) is -0.379. The summed E-state index contributed by atoms with van der Waals surface area (Å²) in [7, 11) is -3.51. The van der Waals surface area contributed by atoms with E-state index in [1.165, 1.54) is 0 Å². The minimum Gasteiger partial charge on any atom is -0.357 e. The maximum Gasteiger partial charge on any atom is 0.225 e. The maximum atomic E-state index is 12.5. The summed E-state index contributed by atoms with van der Waals surface area (Å²) in [5, 5.41) is 11.4. The molecular formula is C15H29N5O3S. The van der Waals surface area contributed by atoms with E-state index < -0.39 is 10.0 Å². The topological polar surface area (TPSA) is 117 Å². The molecule has 2 fully saturated rings. The molecule has 1 saturated carbocycles. The number of likely N-dealkylation sites (tertiary alicyclic amines) is 1. The Bertz CT molecular complexity index is 557. The first kappa shape index (κ1) is 19.0. The average molecular weight is 359 g/mol. The Labute approximate surface area is 144 Å². The summed E-state index contributed by atoms with van der Waals surface area (Å²) in [6, 6.07) is 0.141. The Kier molecular flexibility index (Phi) is 6.85. The first-order valence-electron chi connectivity index (χ1n) is 8.73. The number of aliphatic imine (C=N–C) groups is 1. The van der Waals surface area contributed by atoms with Crippen LogP contribution in [0.2, 0.25) is 0 Å². The van der Waals surface area contributed by atoms with Crippen LogP contribution >= 0.6 is 0 Å². The quantitative estimate of drug-likeness (QED) is 0.441. The lowest BCUT2D eigenvalue weighted by Crippen LogP contribution is -2.45. The van der Waals surface area contributed by atoms with Crippen LogP contribution in [-0.4, -0.2) is 63.2 Å². The zero-order valence-corrected chi connectivity index (χ0v) is 15.1. The molecule has 0 spiro atoms. The molecule has 2 aliphatic rings. The number of nitrogens with two attached hydrogens (primary N) is 1. The van der Waals surface area contributed by atoms with Gasteiger partial charge in [-0.25, -0.2) is 13.6 Å². The van der Waals surface area contributed by atoms with Crippen molar-refractivity contribution in [2.75, 3.05) is 31.9 Å². The number of carbonyl (C=O) groups is 1. The SMILES string of the molecule is CCNC(=NCCS(N)(=O)=O)NC1CCN(C(=O)C2CCCC2)C1. The third-order valence-corrected chi connectivity index (χ3v) is 5.29. The number of hydrogen-bond acceptors (Lipinski definition) is 4. The van der Waals surface area contributed by atoms with Gasteiger partial charge in [0.15, 0.2) is 5.96 Å². The van der Waals surface area contributed by atoms with Gasteiger partial charge in [-0.3, -0.25) is 9.79 Å². The van der Waals surface area contributed by atoms with Crippen molar-refractivity contribution >= 4 is 21.9 Å². The Morgan fingerprint density at radius 1 is 1.29 bits per heavy atom. The summed E-state index contributed by atoms with van der Waals surface area (Å²) < 4.78 is 22.0. The molecule has 1 amide bonds. The lowest BCUT2D eigenvalue weighted by atomic mass is 10.1. The van der Waals surface area contributed by atoms with Gasteiger partial charge in [-0.1, -0.05) is 12.8 Å². The Morgan fingerprint density at radius 2 is 2.00 bits per heavy atom. The molecule has 9 heteroatoms. The Balaban J connectivity index is 1.84. The highest BCUT2D eigenvalue weighted by atomic mass is 32.2. The third kappa shape index (κ3) is 5.94. The molecule has 1 aliphatic heterocycles. The molecule has 1 aliphatic carbocycles. The lowest BCUT2D eigenvalue weighted by molar-refractivity contribution is -0.134. The predicted molar refractivity (Wildman–Crippen MR) is 94.0 cm³/mol. The monoisotopic (exact) mass is 359 g/mol. The second-order valence-corrected chi connectivity index (χ2v) is 8.26. The van der Waals surface area contributed by atoms with Gasteiger partial charge >= 0.3 is 0 Å². The number of amides is 1. The fourth-order valence-electron chi connectivity index (χ4n) is 3.31. The van der Waals surface area contributed by atoms with Crippen LogP contribution in [0.15, 0.2) is 4.99 Å². The zero-order chi connectivity index (χ0) is 17.6. The van der Waals surface area contributed by atoms with Crippen molar-refractivity contribution in [3.05, 3.63) is 0 Å². The van der Waals surface area contributed by atoms with Crippen LogP contribution < -0.4 is 15.8 Å². The number of primary sulfonamides is 1. The van der Waals surface area contributed by atoms with Gasteiger partial charge in [-0.05, 0) is 26.2 Å². The summed E-state index contributed by atoms with van der Waals surface area (Å²) in [5.41, 5.74) is 0. The van der Waals surface area contributed by atoms with Gasteiger partial charge < -0.3 is 15.5 Å². The molecule has 24 heavy (non-hydrogen) atoms. The van der Waals surface area contributed by atoms with E-state index in [4.69, 9.17) is 5.14 Å². The minimum atomic E-state index is -3.51. The van der Waals surface area contributed by atoms with Gasteiger partial charge in [0.1, 0.15) is 0 Å². The van der Waals surface area contributed by atoms with Gasteiger partial charge in [-0.15, -0.1) is 0 Å². The highest BCUT2D eigenvalue weighted by Gasteiger charge is 2.32. The van der Waals surface area contributed by atoms with Crippen molar-refractivity contribution < 1.29 is 13.2 Å². The van der Waals surface area contributed by atoms with Crippen LogP contribution in [0, 0.1) is 5.92 Å². The molecule has 1 saturated heterocycles. The zero-order valence-electron chi connectivity index (χ0n) is 14.3. The van der Waals surface area contributed by atoms with Crippen LogP contribution in [0.3, 0.4) is 0 Å². The fraction of sp³-hybridized carbons (Fsp3) is 0.867. The number of hydrogen-bond donors (Lipinski definition) is 3. The average Bonchev–Trinajstić information content (AvgIpc) is 3.17. The van der Waals surface area contributed by atoms with E-state index in [9.17, 15) is 13.2 Å². The molecule has 2 rings (SSSR count). The van der Waals surface area contributed by atoms with E-state index in [-0.39, 0.29) is 30.2 Å². The van der Waals surface area contributed by atoms with E-state index in [0.717, 1.165) is 38.6 Å². The molecule has 0 aromatic carbocycles. The number of guanidine groups is 1. The first-order chi connectivity index (χ1) is 11.4. The van der Waals surface area contributed by atoms with Crippen molar-refractivity contribution in [2.24, 2.45) is 16.0 Å². The number of rotatable bonds is 6. The second-order valence-electron chi connectivity index (χ2n) is 6.52. The number of nitrogens with one attached hydrogen (secondary N) is 2. The van der Waals surface area contributed by atoms with Gasteiger partial charge in [0.05, 0.1) is 12.3 Å². The van der Waals surface area contributed by atoms with E-state index in [1.54, 1.807) is 0 Å². The number of nitrogens with zero attached hydrogens (tertiary/aromatic N) is 2. The second kappa shape index (κ2) is 8.66. The summed E-state index contributed by atoms with van der Waals surface area (Å²) >= 11 is 0. The third-order valence-electron chi connectivity index (χ3n) is 4.54. The summed E-state index contributed by atoms with van der Waals surface area (Å²) in [6.45, 7) is 4.18. The van der Waals surface area contributed by atoms with Gasteiger partial charge in [0.2, 0.25) is 15.9 Å². The van der Waals surface area contributed by atoms with Crippen molar-refractivity contribution in [1.82, 2.24) is 15.5 Å². The van der Waals surface area contributed by atoms with Crippen molar-refractivity contribution in [3.8, 4) is 0 Å². The minimum absolute atomic E-state index is 0.117. The molecule has 1 unspecified atom stereocenters. The molecule has 1 atom stereocenters. The van der Waals surface area contributed by atoms with Gasteiger partial charge in [0.25, 0.3) is 0 Å². The molecule has 138 valence electrons. The molecule has 8 nitrogen and oxygen atoms in total. The summed E-state index contributed by atoms with van der Waals surface area (Å²) in [4.78, 5) is 18.6. The molecule has 1 heterocycles. The molecular weight excluding hydrogens is 330 g/mol. The smallest absolute Gasteiger partial charge is 0.225 e. The molecule has 0 bridgehead atoms. The van der Waals surface area contributed by atoms with Crippen molar-refractivity contribution in [3.63, 3.8) is 0 Å². The van der Waals surface area contributed by atoms with E-state index in [2.05, 4.69) is 15.6 Å². The van der Waals surface area contributed by atoms with Gasteiger partial charge in [0, 0.05) is 31.6 Å². The first-order valence-corrected chi connectivity index (χ1v) is 10.4. The summed E-state index contributed by atoms with van der Waals surface area (Å²) in [6.07, 6.45) is 5.23. The molecule has 4 N–H and O–H groups in total. The van der Waals surface area contributed by atoms with Gasteiger partial charge in [-0.2, -0.15) is 0 Å². The molecule has 0 radical (unpaired) electrons. The van der Waals surface area contributed by atoms with E-state index in [1.807, 2.05) is 11.8 Å². The van der Waals surface area contributed by atoms with Crippen LogP contribution in [0.25, 0.3) is 0 Å². The number of carbonyl (C=O) groups excluding carboxylic acids is 1. The lowest BCUT2D eigenvalue weighted by Gasteiger charge is -2.21. The summed E-state index contributed by atoms with van der Waals surface area (Å²) in [5.74, 6) is 0.885. The van der Waals surface area contributed by atoms with Crippen LogP contribution in [0.4, 0.5) is 0 Å².